The zero-order valence-corrected chi connectivity index (χ0v) is 28.8. The van der Waals surface area contributed by atoms with Gasteiger partial charge in [0.05, 0.1) is 6.61 Å². The van der Waals surface area contributed by atoms with Crippen LogP contribution in [0.3, 0.4) is 0 Å². The van der Waals surface area contributed by atoms with Gasteiger partial charge >= 0.3 is 12.1 Å². The van der Waals surface area contributed by atoms with Crippen LogP contribution in [-0.4, -0.2) is 74.4 Å². The lowest BCUT2D eigenvalue weighted by molar-refractivity contribution is -0.159. The maximum absolute atomic E-state index is 14.5. The van der Waals surface area contributed by atoms with Crippen LogP contribution < -0.4 is 10.6 Å². The summed E-state index contributed by atoms with van der Waals surface area (Å²) in [5.74, 6) is -2.10. The van der Waals surface area contributed by atoms with Crippen LogP contribution in [0, 0.1) is 6.92 Å². The van der Waals surface area contributed by atoms with E-state index in [1.165, 1.54) is 17.0 Å². The molecule has 0 aliphatic carbocycles. The molecule has 2 rings (SSSR count). The van der Waals surface area contributed by atoms with Gasteiger partial charge in [-0.05, 0) is 97.6 Å². The van der Waals surface area contributed by atoms with E-state index in [1.54, 1.807) is 68.4 Å². The van der Waals surface area contributed by atoms with E-state index in [0.717, 1.165) is 5.56 Å². The minimum Gasteiger partial charge on any atom is -0.508 e. The van der Waals surface area contributed by atoms with Crippen LogP contribution in [0.2, 0.25) is 0 Å². The number of nitrogens with one attached hydrogen (secondary N) is 2. The molecule has 0 bridgehead atoms. The van der Waals surface area contributed by atoms with E-state index >= 15 is 0 Å². The number of hydrogen-bond donors (Lipinski definition) is 4. The third-order valence-corrected chi connectivity index (χ3v) is 7.26. The van der Waals surface area contributed by atoms with Gasteiger partial charge in [-0.2, -0.15) is 0 Å². The van der Waals surface area contributed by atoms with E-state index < -0.39 is 65.4 Å². The fraction of sp³-hybridized carbons (Fsp3) is 0.543. The number of esters is 1. The second kappa shape index (κ2) is 15.4. The average molecular weight is 642 g/mol. The van der Waals surface area contributed by atoms with Crippen molar-refractivity contribution in [2.24, 2.45) is 0 Å². The number of aliphatic hydroxyl groups is 1. The molecule has 3 unspecified atom stereocenters. The third kappa shape index (κ3) is 11.0. The van der Waals surface area contributed by atoms with Crippen molar-refractivity contribution < 1.29 is 38.9 Å². The van der Waals surface area contributed by atoms with Gasteiger partial charge < -0.3 is 35.2 Å². The normalized spacial score (nSPS) is 14.0. The predicted molar refractivity (Wildman–Crippen MR) is 175 cm³/mol. The van der Waals surface area contributed by atoms with Gasteiger partial charge in [0.15, 0.2) is 0 Å². The first-order chi connectivity index (χ1) is 21.2. The summed E-state index contributed by atoms with van der Waals surface area (Å²) in [4.78, 5) is 56.2. The van der Waals surface area contributed by atoms with E-state index in [9.17, 15) is 29.4 Å². The Hall–Kier alpha value is -4.12. The molecular formula is C35H51N3O8. The molecule has 2 aromatic rings. The standard InChI is InChI=1S/C35H51N3O8/c1-11-35(9,10)38(30(42)26(21-39)37-32(44)46-34(6,7)8)28(24-17-18-27(40)22(2)19-24)29(41)36-25(31(43)45-33(3,4)5)20-23-15-13-12-14-16-23/h12-19,25-26,28,39-40H,11,20-21H2,1-10H3,(H,36,41)(H,37,44). The molecule has 46 heavy (non-hydrogen) atoms. The Labute approximate surface area is 272 Å². The number of carbonyl (C=O) groups excluding carboxylic acids is 4. The largest absolute Gasteiger partial charge is 0.508 e. The molecule has 3 atom stereocenters. The highest BCUT2D eigenvalue weighted by Crippen LogP contribution is 2.34. The molecule has 0 spiro atoms. The SMILES string of the molecule is CCC(C)(C)N(C(=O)C(CO)NC(=O)OC(C)(C)C)C(C(=O)NC(Cc1ccccc1)C(=O)OC(C)(C)C)c1ccc(O)c(C)c1. The number of ether oxygens (including phenoxy) is 2. The minimum absolute atomic E-state index is 0.00827. The number of benzene rings is 2. The zero-order chi connectivity index (χ0) is 35.0. The van der Waals surface area contributed by atoms with Crippen molar-refractivity contribution in [3.63, 3.8) is 0 Å². The summed E-state index contributed by atoms with van der Waals surface area (Å²) in [5.41, 5.74) is -1.13. The van der Waals surface area contributed by atoms with Crippen LogP contribution >= 0.6 is 0 Å². The number of alkyl carbamates (subject to hydrolysis) is 1. The lowest BCUT2D eigenvalue weighted by atomic mass is 9.91. The van der Waals surface area contributed by atoms with Gasteiger partial charge in [0.1, 0.15) is 35.1 Å². The lowest BCUT2D eigenvalue weighted by Crippen LogP contribution is -2.61. The van der Waals surface area contributed by atoms with Gasteiger partial charge in [-0.15, -0.1) is 0 Å². The van der Waals surface area contributed by atoms with Crippen LogP contribution in [0.25, 0.3) is 0 Å². The van der Waals surface area contributed by atoms with E-state index in [4.69, 9.17) is 9.47 Å². The highest BCUT2D eigenvalue weighted by molar-refractivity contribution is 5.94. The van der Waals surface area contributed by atoms with Crippen molar-refractivity contribution in [3.05, 3.63) is 65.2 Å². The average Bonchev–Trinajstić information content (AvgIpc) is 2.94. The summed E-state index contributed by atoms with van der Waals surface area (Å²) in [7, 11) is 0. The molecule has 0 aromatic heterocycles. The molecule has 4 N–H and O–H groups in total. The first kappa shape index (κ1) is 38.1. The molecule has 0 saturated heterocycles. The number of aryl methyl sites for hydroxylation is 1. The van der Waals surface area contributed by atoms with Crippen LogP contribution in [0.15, 0.2) is 48.5 Å². The summed E-state index contributed by atoms with van der Waals surface area (Å²) < 4.78 is 11.0. The van der Waals surface area contributed by atoms with Gasteiger partial charge in [0, 0.05) is 12.0 Å². The summed E-state index contributed by atoms with van der Waals surface area (Å²) in [5, 5.41) is 25.8. The van der Waals surface area contributed by atoms with E-state index in [1.807, 2.05) is 37.3 Å². The Bertz CT molecular complexity index is 1360. The molecule has 0 heterocycles. The van der Waals surface area contributed by atoms with Crippen molar-refractivity contribution in [2.45, 2.75) is 117 Å². The Morgan fingerprint density at radius 2 is 1.43 bits per heavy atom. The Morgan fingerprint density at radius 1 is 0.848 bits per heavy atom. The van der Waals surface area contributed by atoms with Gasteiger partial charge in [0.25, 0.3) is 0 Å². The van der Waals surface area contributed by atoms with Gasteiger partial charge in [-0.25, -0.2) is 9.59 Å². The number of aliphatic hydroxyl groups excluding tert-OH is 1. The quantitative estimate of drug-likeness (QED) is 0.243. The predicted octanol–water partition coefficient (Wildman–Crippen LogP) is 4.71. The second-order valence-corrected chi connectivity index (χ2v) is 14.0. The molecule has 0 aliphatic heterocycles. The smallest absolute Gasteiger partial charge is 0.408 e. The van der Waals surface area contributed by atoms with E-state index in [2.05, 4.69) is 10.6 Å². The summed E-state index contributed by atoms with van der Waals surface area (Å²) in [6.45, 7) is 16.4. The third-order valence-electron chi connectivity index (χ3n) is 7.26. The van der Waals surface area contributed by atoms with Crippen LogP contribution in [0.4, 0.5) is 4.79 Å². The maximum atomic E-state index is 14.5. The summed E-state index contributed by atoms with van der Waals surface area (Å²) in [6, 6.07) is 9.74. The van der Waals surface area contributed by atoms with Crippen molar-refractivity contribution in [2.75, 3.05) is 6.61 Å². The molecule has 11 heteroatoms. The number of phenols is 1. The fourth-order valence-corrected chi connectivity index (χ4v) is 4.68. The lowest BCUT2D eigenvalue weighted by Gasteiger charge is -2.44. The molecule has 2 aromatic carbocycles. The number of nitrogens with zero attached hydrogens (tertiary/aromatic N) is 1. The zero-order valence-electron chi connectivity index (χ0n) is 28.8. The van der Waals surface area contributed by atoms with Crippen molar-refractivity contribution in [3.8, 4) is 5.75 Å². The molecule has 11 nitrogen and oxygen atoms in total. The Balaban J connectivity index is 2.69. The number of aromatic hydroxyl groups is 1. The van der Waals surface area contributed by atoms with Crippen LogP contribution in [-0.2, 0) is 30.3 Å². The molecule has 254 valence electrons. The molecule has 0 aliphatic rings. The van der Waals surface area contributed by atoms with Gasteiger partial charge in [-0.1, -0.05) is 43.3 Å². The van der Waals surface area contributed by atoms with Crippen molar-refractivity contribution in [1.82, 2.24) is 15.5 Å². The molecular weight excluding hydrogens is 590 g/mol. The molecule has 0 fully saturated rings. The van der Waals surface area contributed by atoms with Crippen molar-refractivity contribution in [1.29, 1.82) is 0 Å². The maximum Gasteiger partial charge on any atom is 0.408 e. The number of phenolic OH excluding ortho intramolecular Hbond substituents is 1. The Morgan fingerprint density at radius 3 is 1.93 bits per heavy atom. The number of hydrogen-bond acceptors (Lipinski definition) is 8. The van der Waals surface area contributed by atoms with E-state index in [0.29, 0.717) is 17.5 Å². The number of carbonyl (C=O) groups is 4. The van der Waals surface area contributed by atoms with Crippen molar-refractivity contribution >= 4 is 23.9 Å². The fourth-order valence-electron chi connectivity index (χ4n) is 4.68. The van der Waals surface area contributed by atoms with Crippen LogP contribution in [0.5, 0.6) is 5.75 Å². The van der Waals surface area contributed by atoms with E-state index in [-0.39, 0.29) is 12.2 Å². The van der Waals surface area contributed by atoms with Gasteiger partial charge in [-0.3, -0.25) is 9.59 Å². The molecule has 0 radical (unpaired) electrons. The second-order valence-electron chi connectivity index (χ2n) is 14.0. The highest BCUT2D eigenvalue weighted by Gasteiger charge is 2.44. The number of amides is 3. The van der Waals surface area contributed by atoms with Crippen LogP contribution in [0.1, 0.15) is 91.5 Å². The first-order valence-electron chi connectivity index (χ1n) is 15.5. The molecule has 3 amide bonds. The Kier molecular flexibility index (Phi) is 12.8. The topological polar surface area (TPSA) is 154 Å². The summed E-state index contributed by atoms with van der Waals surface area (Å²) >= 11 is 0. The highest BCUT2D eigenvalue weighted by atomic mass is 16.6. The number of rotatable bonds is 12. The monoisotopic (exact) mass is 641 g/mol. The molecule has 0 saturated carbocycles. The van der Waals surface area contributed by atoms with Gasteiger partial charge in [0.2, 0.25) is 11.8 Å². The summed E-state index contributed by atoms with van der Waals surface area (Å²) in [6.07, 6.45) is -0.416. The first-order valence-corrected chi connectivity index (χ1v) is 15.5. The minimum atomic E-state index is -1.46.